The molecular formula is C23H43N3O4. The highest BCUT2D eigenvalue weighted by molar-refractivity contribution is 5.92. The molecule has 0 aromatic heterocycles. The van der Waals surface area contributed by atoms with Crippen molar-refractivity contribution in [2.45, 2.75) is 98.2 Å². The van der Waals surface area contributed by atoms with Gasteiger partial charge in [-0.2, -0.15) is 0 Å². The summed E-state index contributed by atoms with van der Waals surface area (Å²) in [5.74, 6) is -0.129. The lowest BCUT2D eigenvalue weighted by Gasteiger charge is -2.39. The monoisotopic (exact) mass is 425 g/mol. The Hall–Kier alpha value is -1.44. The Morgan fingerprint density at radius 2 is 1.70 bits per heavy atom. The highest BCUT2D eigenvalue weighted by Crippen LogP contribution is 2.29. The van der Waals surface area contributed by atoms with E-state index in [1.807, 2.05) is 61.5 Å². The van der Waals surface area contributed by atoms with Crippen LogP contribution in [0.4, 0.5) is 0 Å². The van der Waals surface area contributed by atoms with Crippen molar-refractivity contribution in [1.82, 2.24) is 15.5 Å². The van der Waals surface area contributed by atoms with E-state index in [-0.39, 0.29) is 29.9 Å². The lowest BCUT2D eigenvalue weighted by atomic mass is 9.83. The van der Waals surface area contributed by atoms with Crippen molar-refractivity contribution < 1.29 is 19.4 Å². The van der Waals surface area contributed by atoms with Crippen LogP contribution >= 0.6 is 0 Å². The third-order valence-corrected chi connectivity index (χ3v) is 6.34. The molecule has 0 aromatic carbocycles. The third kappa shape index (κ3) is 6.05. The third-order valence-electron chi connectivity index (χ3n) is 6.34. The van der Waals surface area contributed by atoms with Crippen molar-refractivity contribution in [3.8, 4) is 0 Å². The molecule has 4 atom stereocenters. The molecule has 1 rings (SSSR count). The number of likely N-dealkylation sites (N-methyl/N-ethyl adjacent to an activating group) is 2. The molecule has 3 N–H and O–H groups in total. The molecule has 174 valence electrons. The first-order valence-corrected chi connectivity index (χ1v) is 11.0. The molecule has 2 amide bonds. The number of hydrogen-bond acceptors (Lipinski definition) is 5. The first-order chi connectivity index (χ1) is 13.8. The first-order valence-electron chi connectivity index (χ1n) is 11.0. The van der Waals surface area contributed by atoms with Crippen LogP contribution in [-0.2, 0) is 14.3 Å². The average molecular weight is 426 g/mol. The second-order valence-electron chi connectivity index (χ2n) is 9.85. The zero-order valence-corrected chi connectivity index (χ0v) is 20.5. The SMILES string of the molecule is CCC(CC)(NC)C(=O)N[C@H](C(=O)N(C)[C@H](/C=C(\C)C1OC1O)C(C)C)C(C)(C)C. The fraction of sp³-hybridized carbons (Fsp3) is 0.826. The van der Waals surface area contributed by atoms with Crippen LogP contribution in [0.3, 0.4) is 0 Å². The van der Waals surface area contributed by atoms with Gasteiger partial charge in [0.1, 0.15) is 12.1 Å². The van der Waals surface area contributed by atoms with Crippen LogP contribution in [0.1, 0.15) is 68.2 Å². The summed E-state index contributed by atoms with van der Waals surface area (Å²) in [4.78, 5) is 28.4. The van der Waals surface area contributed by atoms with E-state index in [1.165, 1.54) is 0 Å². The van der Waals surface area contributed by atoms with Crippen molar-refractivity contribution in [3.63, 3.8) is 0 Å². The van der Waals surface area contributed by atoms with E-state index in [0.717, 1.165) is 5.57 Å². The van der Waals surface area contributed by atoms with Crippen molar-refractivity contribution >= 4 is 11.8 Å². The molecule has 0 aromatic rings. The van der Waals surface area contributed by atoms with Crippen LogP contribution in [0.15, 0.2) is 11.6 Å². The van der Waals surface area contributed by atoms with Crippen molar-refractivity contribution in [2.75, 3.05) is 14.1 Å². The van der Waals surface area contributed by atoms with Gasteiger partial charge in [0.05, 0.1) is 11.6 Å². The van der Waals surface area contributed by atoms with E-state index < -0.39 is 23.3 Å². The summed E-state index contributed by atoms with van der Waals surface area (Å²) >= 11 is 0. The molecule has 30 heavy (non-hydrogen) atoms. The van der Waals surface area contributed by atoms with E-state index in [2.05, 4.69) is 10.6 Å². The number of ether oxygens (including phenoxy) is 1. The average Bonchev–Trinajstić information content (AvgIpc) is 3.40. The fourth-order valence-electron chi connectivity index (χ4n) is 3.86. The van der Waals surface area contributed by atoms with E-state index in [1.54, 1.807) is 19.0 Å². The number of carbonyl (C=O) groups is 2. The number of carbonyl (C=O) groups excluding carboxylic acids is 2. The van der Waals surface area contributed by atoms with E-state index >= 15 is 0 Å². The first kappa shape index (κ1) is 26.6. The zero-order chi connectivity index (χ0) is 23.4. The second-order valence-corrected chi connectivity index (χ2v) is 9.85. The van der Waals surface area contributed by atoms with E-state index in [9.17, 15) is 14.7 Å². The Balaban J connectivity index is 3.16. The molecule has 1 saturated heterocycles. The number of epoxide rings is 1. The Labute approximate surface area is 182 Å². The highest BCUT2D eigenvalue weighted by atomic mass is 16.7. The largest absolute Gasteiger partial charge is 0.366 e. The lowest BCUT2D eigenvalue weighted by Crippen LogP contribution is -2.62. The Morgan fingerprint density at radius 1 is 1.20 bits per heavy atom. The van der Waals surface area contributed by atoms with Crippen LogP contribution in [0.25, 0.3) is 0 Å². The minimum Gasteiger partial charge on any atom is -0.366 e. The molecule has 1 fully saturated rings. The fourth-order valence-corrected chi connectivity index (χ4v) is 3.86. The highest BCUT2D eigenvalue weighted by Gasteiger charge is 2.42. The number of hydrogen-bond donors (Lipinski definition) is 3. The van der Waals surface area contributed by atoms with Gasteiger partial charge in [0, 0.05) is 7.05 Å². The quantitative estimate of drug-likeness (QED) is 0.369. The Bertz CT molecular complexity index is 627. The maximum Gasteiger partial charge on any atom is 0.245 e. The lowest BCUT2D eigenvalue weighted by molar-refractivity contribution is -0.141. The van der Waals surface area contributed by atoms with Crippen LogP contribution < -0.4 is 10.6 Å². The maximum atomic E-state index is 13.6. The number of rotatable bonds is 10. The smallest absolute Gasteiger partial charge is 0.245 e. The van der Waals surface area contributed by atoms with E-state index in [0.29, 0.717) is 12.8 Å². The Kier molecular flexibility index (Phi) is 9.08. The van der Waals surface area contributed by atoms with E-state index in [4.69, 9.17) is 4.74 Å². The van der Waals surface area contributed by atoms with Gasteiger partial charge < -0.3 is 25.4 Å². The summed E-state index contributed by atoms with van der Waals surface area (Å²) in [6.07, 6.45) is 2.20. The normalized spacial score (nSPS) is 21.9. The van der Waals surface area contributed by atoms with Gasteiger partial charge >= 0.3 is 0 Å². The van der Waals surface area contributed by atoms with Gasteiger partial charge in [-0.05, 0) is 43.7 Å². The van der Waals surface area contributed by atoms with Gasteiger partial charge in [-0.25, -0.2) is 0 Å². The van der Waals surface area contributed by atoms with Crippen LogP contribution in [0, 0.1) is 11.3 Å². The summed E-state index contributed by atoms with van der Waals surface area (Å²) in [7, 11) is 3.56. The number of amides is 2. The van der Waals surface area contributed by atoms with Gasteiger partial charge in [0.25, 0.3) is 0 Å². The molecule has 1 aliphatic rings. The molecule has 0 bridgehead atoms. The Morgan fingerprint density at radius 3 is 2.03 bits per heavy atom. The number of aliphatic hydroxyl groups excluding tert-OH is 1. The molecule has 0 radical (unpaired) electrons. The minimum atomic E-state index is -0.755. The number of aliphatic hydroxyl groups is 1. The molecule has 2 unspecified atom stereocenters. The molecule has 0 spiro atoms. The zero-order valence-electron chi connectivity index (χ0n) is 20.5. The predicted octanol–water partition coefficient (Wildman–Crippen LogP) is 2.44. The van der Waals surface area contributed by atoms with Gasteiger partial charge in [-0.3, -0.25) is 9.59 Å². The molecule has 0 aliphatic carbocycles. The predicted molar refractivity (Wildman–Crippen MR) is 120 cm³/mol. The van der Waals surface area contributed by atoms with Gasteiger partial charge in [0.2, 0.25) is 11.8 Å². The maximum absolute atomic E-state index is 13.6. The van der Waals surface area contributed by atoms with Crippen molar-refractivity contribution in [3.05, 3.63) is 11.6 Å². The summed E-state index contributed by atoms with van der Waals surface area (Å²) in [5, 5.41) is 15.7. The van der Waals surface area contributed by atoms with Crippen molar-refractivity contribution in [2.24, 2.45) is 11.3 Å². The molecule has 7 heteroatoms. The molecule has 7 nitrogen and oxygen atoms in total. The van der Waals surface area contributed by atoms with Gasteiger partial charge in [0.15, 0.2) is 6.29 Å². The minimum absolute atomic E-state index is 0.131. The standard InChI is InChI=1S/C23H43N3O4/c1-11-23(12-2,24-9)21(29)25-18(22(6,7)8)19(27)26(10)16(14(3)4)13-15(5)17-20(28)30-17/h13-14,16-18,20,24,28H,11-12H2,1-10H3,(H,25,29)/b15-13+/t16-,17?,18-,20?/m1/s1. The number of nitrogens with one attached hydrogen (secondary N) is 2. The van der Waals surface area contributed by atoms with Crippen LogP contribution in [0.2, 0.25) is 0 Å². The molecule has 1 aliphatic heterocycles. The second kappa shape index (κ2) is 10.2. The van der Waals surface area contributed by atoms with Gasteiger partial charge in [-0.1, -0.05) is 54.5 Å². The summed E-state index contributed by atoms with van der Waals surface area (Å²) < 4.78 is 5.15. The summed E-state index contributed by atoms with van der Waals surface area (Å²) in [6, 6.07) is -0.847. The van der Waals surface area contributed by atoms with Crippen LogP contribution in [0.5, 0.6) is 0 Å². The topological polar surface area (TPSA) is 94.2 Å². The molecular weight excluding hydrogens is 382 g/mol. The summed E-state index contributed by atoms with van der Waals surface area (Å²) in [5.41, 5.74) is -0.253. The summed E-state index contributed by atoms with van der Waals surface area (Å²) in [6.45, 7) is 15.8. The number of nitrogens with zero attached hydrogens (tertiary/aromatic N) is 1. The molecule has 0 saturated carbocycles. The van der Waals surface area contributed by atoms with Crippen LogP contribution in [-0.4, -0.2) is 65.9 Å². The molecule has 1 heterocycles. The van der Waals surface area contributed by atoms with Gasteiger partial charge in [-0.15, -0.1) is 0 Å². The van der Waals surface area contributed by atoms with Crippen molar-refractivity contribution in [1.29, 1.82) is 0 Å².